The van der Waals surface area contributed by atoms with Gasteiger partial charge in [-0.25, -0.2) is 4.98 Å². The Morgan fingerprint density at radius 2 is 1.53 bits per heavy atom. The Morgan fingerprint density at radius 3 is 2.30 bits per heavy atom. The third kappa shape index (κ3) is 4.78. The summed E-state index contributed by atoms with van der Waals surface area (Å²) in [5.41, 5.74) is 3.65. The average Bonchev–Trinajstić information content (AvgIpc) is 3.15. The zero-order valence-corrected chi connectivity index (χ0v) is 17.1. The number of carbonyl (C=O) groups is 2. The van der Waals surface area contributed by atoms with E-state index in [2.05, 4.69) is 22.0 Å². The van der Waals surface area contributed by atoms with Crippen molar-refractivity contribution in [3.05, 3.63) is 96.1 Å². The molecule has 5 nitrogen and oxygen atoms in total. The molecule has 1 aromatic heterocycles. The molecule has 0 saturated carbocycles. The summed E-state index contributed by atoms with van der Waals surface area (Å²) >= 11 is 1.34. The van der Waals surface area contributed by atoms with E-state index >= 15 is 0 Å². The quantitative estimate of drug-likeness (QED) is 0.457. The van der Waals surface area contributed by atoms with Gasteiger partial charge in [-0.05, 0) is 36.2 Å². The normalized spacial score (nSPS) is 10.8. The van der Waals surface area contributed by atoms with Gasteiger partial charge in [-0.1, -0.05) is 72.4 Å². The number of rotatable bonds is 7. The molecule has 0 aliphatic heterocycles. The first-order chi connectivity index (χ1) is 14.7. The highest BCUT2D eigenvalue weighted by molar-refractivity contribution is 7.99. The zero-order valence-electron chi connectivity index (χ0n) is 16.3. The molecular formula is C24H21N3O2S. The van der Waals surface area contributed by atoms with E-state index in [1.165, 1.54) is 17.3 Å². The van der Waals surface area contributed by atoms with Crippen molar-refractivity contribution in [3.8, 4) is 0 Å². The van der Waals surface area contributed by atoms with Crippen molar-refractivity contribution in [3.63, 3.8) is 0 Å². The molecule has 0 atom stereocenters. The van der Waals surface area contributed by atoms with Crippen molar-refractivity contribution in [2.24, 2.45) is 0 Å². The van der Waals surface area contributed by atoms with E-state index in [1.807, 2.05) is 48.5 Å². The van der Waals surface area contributed by atoms with Crippen LogP contribution in [0.25, 0.3) is 11.0 Å². The van der Waals surface area contributed by atoms with Gasteiger partial charge in [0.25, 0.3) is 5.91 Å². The van der Waals surface area contributed by atoms with Crippen LogP contribution in [0.4, 0.5) is 0 Å². The number of fused-ring (bicyclic) bond motifs is 1. The lowest BCUT2D eigenvalue weighted by atomic mass is 10.1. The number of nitrogens with zero attached hydrogens (tertiary/aromatic N) is 2. The van der Waals surface area contributed by atoms with Gasteiger partial charge in [0.2, 0.25) is 5.91 Å². The molecule has 6 heteroatoms. The Bertz CT molecular complexity index is 1160. The van der Waals surface area contributed by atoms with Crippen LogP contribution in [0, 0.1) is 0 Å². The third-order valence-corrected chi connectivity index (χ3v) is 5.68. The van der Waals surface area contributed by atoms with Crippen molar-refractivity contribution in [2.45, 2.75) is 18.1 Å². The number of amides is 2. The van der Waals surface area contributed by atoms with Gasteiger partial charge in [-0.2, -0.15) is 0 Å². The van der Waals surface area contributed by atoms with Gasteiger partial charge in [0, 0.05) is 12.1 Å². The fraction of sp³-hybridized carbons (Fsp3) is 0.125. The van der Waals surface area contributed by atoms with E-state index in [0.717, 1.165) is 29.2 Å². The van der Waals surface area contributed by atoms with Crippen LogP contribution in [0.3, 0.4) is 0 Å². The number of benzene rings is 3. The topological polar surface area (TPSA) is 64.0 Å². The molecule has 150 valence electrons. The van der Waals surface area contributed by atoms with Crippen LogP contribution in [-0.4, -0.2) is 27.1 Å². The predicted octanol–water partition coefficient (Wildman–Crippen LogP) is 4.33. The van der Waals surface area contributed by atoms with Crippen LogP contribution in [0.2, 0.25) is 0 Å². The highest BCUT2D eigenvalue weighted by Crippen LogP contribution is 2.24. The maximum Gasteiger partial charge on any atom is 0.257 e. The fourth-order valence-corrected chi connectivity index (χ4v) is 4.06. The number of carbonyl (C=O) groups excluding carboxylic acids is 2. The van der Waals surface area contributed by atoms with Crippen molar-refractivity contribution < 1.29 is 9.59 Å². The molecule has 1 heterocycles. The maximum atomic E-state index is 12.3. The highest BCUT2D eigenvalue weighted by Gasteiger charge is 2.15. The van der Waals surface area contributed by atoms with E-state index in [1.54, 1.807) is 24.3 Å². The van der Waals surface area contributed by atoms with Gasteiger partial charge >= 0.3 is 0 Å². The number of imidazole rings is 1. The van der Waals surface area contributed by atoms with Crippen molar-refractivity contribution >= 4 is 34.6 Å². The molecule has 3 aromatic carbocycles. The lowest BCUT2D eigenvalue weighted by molar-refractivity contribution is -0.117. The summed E-state index contributed by atoms with van der Waals surface area (Å²) < 4.78 is 2.14. The Kier molecular flexibility index (Phi) is 6.25. The molecule has 2 amide bonds. The fourth-order valence-electron chi connectivity index (χ4n) is 3.22. The first kappa shape index (κ1) is 19.9. The Balaban J connectivity index is 1.45. The molecule has 0 bridgehead atoms. The lowest BCUT2D eigenvalue weighted by Gasteiger charge is -2.09. The SMILES string of the molecule is O=C(CSc1nc2ccccc2n1CCc1ccccc1)NC(=O)c1ccccc1. The number of hydrogen-bond acceptors (Lipinski definition) is 4. The smallest absolute Gasteiger partial charge is 0.257 e. The Morgan fingerprint density at radius 1 is 0.867 bits per heavy atom. The molecule has 0 aliphatic rings. The van der Waals surface area contributed by atoms with Gasteiger partial charge in [-0.3, -0.25) is 14.9 Å². The third-order valence-electron chi connectivity index (χ3n) is 4.71. The summed E-state index contributed by atoms with van der Waals surface area (Å²) in [7, 11) is 0. The van der Waals surface area contributed by atoms with Crippen LogP contribution in [-0.2, 0) is 17.8 Å². The van der Waals surface area contributed by atoms with Crippen molar-refractivity contribution in [2.75, 3.05) is 5.75 Å². The van der Waals surface area contributed by atoms with E-state index in [-0.39, 0.29) is 11.7 Å². The number of aryl methyl sites for hydroxylation is 2. The van der Waals surface area contributed by atoms with Crippen LogP contribution >= 0.6 is 11.8 Å². The van der Waals surface area contributed by atoms with Gasteiger partial charge in [0.05, 0.1) is 16.8 Å². The van der Waals surface area contributed by atoms with E-state index in [9.17, 15) is 9.59 Å². The minimum Gasteiger partial charge on any atom is -0.319 e. The lowest BCUT2D eigenvalue weighted by Crippen LogP contribution is -2.31. The number of nitrogens with one attached hydrogen (secondary N) is 1. The molecule has 30 heavy (non-hydrogen) atoms. The zero-order chi connectivity index (χ0) is 20.8. The summed E-state index contributed by atoms with van der Waals surface area (Å²) in [6.07, 6.45) is 0.868. The standard InChI is InChI=1S/C24H21N3O2S/c28-22(26-23(29)19-11-5-2-6-12-19)17-30-24-25-20-13-7-8-14-21(20)27(24)16-15-18-9-3-1-4-10-18/h1-14H,15-17H2,(H,26,28,29). The Hall–Kier alpha value is -3.38. The van der Waals surface area contributed by atoms with Crippen LogP contribution < -0.4 is 5.32 Å². The van der Waals surface area contributed by atoms with Crippen LogP contribution in [0.5, 0.6) is 0 Å². The summed E-state index contributed by atoms with van der Waals surface area (Å²) in [6.45, 7) is 0.761. The molecule has 1 N–H and O–H groups in total. The van der Waals surface area contributed by atoms with Gasteiger partial charge in [0.1, 0.15) is 0 Å². The molecule has 0 radical (unpaired) electrons. The number of hydrogen-bond donors (Lipinski definition) is 1. The molecule has 4 aromatic rings. The van der Waals surface area contributed by atoms with Crippen molar-refractivity contribution in [1.29, 1.82) is 0 Å². The average molecular weight is 416 g/mol. The second-order valence-electron chi connectivity index (χ2n) is 6.80. The molecule has 4 rings (SSSR count). The number of aromatic nitrogens is 2. The van der Waals surface area contributed by atoms with Crippen molar-refractivity contribution in [1.82, 2.24) is 14.9 Å². The second kappa shape index (κ2) is 9.41. The number of imide groups is 1. The van der Waals surface area contributed by atoms with Gasteiger partial charge < -0.3 is 4.57 Å². The number of para-hydroxylation sites is 2. The van der Waals surface area contributed by atoms with Gasteiger partial charge in [0.15, 0.2) is 5.16 Å². The Labute approximate surface area is 179 Å². The molecule has 0 spiro atoms. The molecule has 0 aliphatic carbocycles. The molecule has 0 fully saturated rings. The second-order valence-corrected chi connectivity index (χ2v) is 7.74. The van der Waals surface area contributed by atoms with Crippen LogP contribution in [0.1, 0.15) is 15.9 Å². The molecule has 0 saturated heterocycles. The van der Waals surface area contributed by atoms with E-state index < -0.39 is 5.91 Å². The van der Waals surface area contributed by atoms with E-state index in [4.69, 9.17) is 4.98 Å². The first-order valence-corrected chi connectivity index (χ1v) is 10.7. The highest BCUT2D eigenvalue weighted by atomic mass is 32.2. The molecular weight excluding hydrogens is 394 g/mol. The minimum atomic E-state index is -0.390. The minimum absolute atomic E-state index is 0.118. The summed E-state index contributed by atoms with van der Waals surface area (Å²) in [5, 5.41) is 3.21. The van der Waals surface area contributed by atoms with Crippen LogP contribution in [0.15, 0.2) is 90.1 Å². The predicted molar refractivity (Wildman–Crippen MR) is 120 cm³/mol. The summed E-state index contributed by atoms with van der Waals surface area (Å²) in [5.74, 6) is -0.609. The summed E-state index contributed by atoms with van der Waals surface area (Å²) in [6, 6.07) is 27.0. The molecule has 0 unspecified atom stereocenters. The monoisotopic (exact) mass is 415 g/mol. The van der Waals surface area contributed by atoms with Gasteiger partial charge in [-0.15, -0.1) is 0 Å². The first-order valence-electron chi connectivity index (χ1n) is 9.72. The maximum absolute atomic E-state index is 12.3. The summed E-state index contributed by atoms with van der Waals surface area (Å²) in [4.78, 5) is 29.2. The van der Waals surface area contributed by atoms with E-state index in [0.29, 0.717) is 5.56 Å². The number of thioether (sulfide) groups is 1. The largest absolute Gasteiger partial charge is 0.319 e.